The minimum Gasteiger partial charge on any atom is -0.472 e. The molecule has 6 heteroatoms. The van der Waals surface area contributed by atoms with Crippen molar-refractivity contribution in [3.63, 3.8) is 0 Å². The number of nitrogens with zero attached hydrogens (tertiary/aromatic N) is 2. The molecule has 0 radical (unpaired) electrons. The van der Waals surface area contributed by atoms with Crippen molar-refractivity contribution in [2.45, 2.75) is 33.2 Å². The van der Waals surface area contributed by atoms with Crippen molar-refractivity contribution < 1.29 is 9.21 Å². The Morgan fingerprint density at radius 2 is 2.29 bits per heavy atom. The van der Waals surface area contributed by atoms with Crippen LogP contribution >= 0.6 is 11.3 Å². The predicted molar refractivity (Wildman–Crippen MR) is 83.5 cm³/mol. The largest absolute Gasteiger partial charge is 0.472 e. The molecule has 1 N–H and O–H groups in total. The molecule has 21 heavy (non-hydrogen) atoms. The first-order chi connectivity index (χ1) is 10.1. The van der Waals surface area contributed by atoms with Crippen molar-refractivity contribution in [3.8, 4) is 0 Å². The van der Waals surface area contributed by atoms with Gasteiger partial charge in [0.05, 0.1) is 29.8 Å². The molecule has 0 spiro atoms. The number of carbonyl (C=O) groups excluding carboxylic acids is 1. The summed E-state index contributed by atoms with van der Waals surface area (Å²) in [7, 11) is 1.77. The van der Waals surface area contributed by atoms with Gasteiger partial charge >= 0.3 is 6.03 Å². The van der Waals surface area contributed by atoms with Crippen LogP contribution in [-0.4, -0.2) is 29.5 Å². The second kappa shape index (κ2) is 7.26. The monoisotopic (exact) mass is 307 g/mol. The molecular weight excluding hydrogens is 286 g/mol. The molecule has 0 aliphatic heterocycles. The molecule has 2 amide bonds. The Labute approximate surface area is 129 Å². The third kappa shape index (κ3) is 4.60. The van der Waals surface area contributed by atoms with E-state index in [1.54, 1.807) is 35.8 Å². The van der Waals surface area contributed by atoms with E-state index in [1.165, 1.54) is 4.88 Å². The number of aryl methyl sites for hydroxylation is 3. The predicted octanol–water partition coefficient (Wildman–Crippen LogP) is 3.13. The van der Waals surface area contributed by atoms with E-state index in [1.807, 2.05) is 13.0 Å². The first-order valence-electron chi connectivity index (χ1n) is 6.99. The molecule has 0 atom stereocenters. The van der Waals surface area contributed by atoms with Crippen LogP contribution in [0.4, 0.5) is 4.79 Å². The number of aromatic nitrogens is 1. The van der Waals surface area contributed by atoms with Crippen LogP contribution in [-0.2, 0) is 13.0 Å². The van der Waals surface area contributed by atoms with Gasteiger partial charge in [-0.3, -0.25) is 0 Å². The van der Waals surface area contributed by atoms with E-state index < -0.39 is 0 Å². The first-order valence-corrected chi connectivity index (χ1v) is 7.81. The van der Waals surface area contributed by atoms with E-state index >= 15 is 0 Å². The van der Waals surface area contributed by atoms with Gasteiger partial charge in [-0.2, -0.15) is 0 Å². The molecule has 0 aromatic carbocycles. The Hall–Kier alpha value is -1.82. The molecule has 5 nitrogen and oxygen atoms in total. The lowest BCUT2D eigenvalue weighted by Gasteiger charge is -2.16. The van der Waals surface area contributed by atoms with Gasteiger partial charge in [-0.1, -0.05) is 0 Å². The molecule has 114 valence electrons. The molecule has 0 aliphatic carbocycles. The summed E-state index contributed by atoms with van der Waals surface area (Å²) < 4.78 is 4.99. The van der Waals surface area contributed by atoms with E-state index in [0.29, 0.717) is 13.1 Å². The Bertz CT molecular complexity index is 558. The number of nitrogens with one attached hydrogen (secondary N) is 1. The van der Waals surface area contributed by atoms with Crippen molar-refractivity contribution in [1.82, 2.24) is 15.2 Å². The Kier molecular flexibility index (Phi) is 5.38. The van der Waals surface area contributed by atoms with Gasteiger partial charge in [-0.05, 0) is 26.3 Å². The number of amides is 2. The van der Waals surface area contributed by atoms with Gasteiger partial charge in [0.2, 0.25) is 0 Å². The number of hydrogen-bond acceptors (Lipinski definition) is 4. The lowest BCUT2D eigenvalue weighted by Crippen LogP contribution is -2.37. The molecule has 2 heterocycles. The van der Waals surface area contributed by atoms with Crippen LogP contribution in [0, 0.1) is 13.8 Å². The topological polar surface area (TPSA) is 58.4 Å². The second-order valence-electron chi connectivity index (χ2n) is 5.07. The fraction of sp³-hybridized carbons (Fsp3) is 0.467. The number of urea groups is 1. The van der Waals surface area contributed by atoms with Gasteiger partial charge in [0.25, 0.3) is 0 Å². The molecule has 2 rings (SSSR count). The highest BCUT2D eigenvalue weighted by Gasteiger charge is 2.09. The van der Waals surface area contributed by atoms with Crippen LogP contribution in [0.3, 0.4) is 0 Å². The zero-order valence-corrected chi connectivity index (χ0v) is 13.5. The summed E-state index contributed by atoms with van der Waals surface area (Å²) in [5.41, 5.74) is 2.10. The van der Waals surface area contributed by atoms with E-state index in [4.69, 9.17) is 4.42 Å². The molecular formula is C15H21N3O2S. The maximum absolute atomic E-state index is 11.9. The smallest absolute Gasteiger partial charge is 0.317 e. The first kappa shape index (κ1) is 15.6. The molecule has 0 saturated carbocycles. The van der Waals surface area contributed by atoms with Crippen LogP contribution in [0.1, 0.15) is 27.6 Å². The summed E-state index contributed by atoms with van der Waals surface area (Å²) in [5, 5.41) is 4.06. The van der Waals surface area contributed by atoms with Gasteiger partial charge in [-0.25, -0.2) is 9.78 Å². The third-order valence-electron chi connectivity index (χ3n) is 3.26. The number of furan rings is 1. The minimum atomic E-state index is -0.0669. The highest BCUT2D eigenvalue weighted by molar-refractivity contribution is 7.11. The Morgan fingerprint density at radius 3 is 2.90 bits per heavy atom. The number of hydrogen-bond donors (Lipinski definition) is 1. The van der Waals surface area contributed by atoms with Gasteiger partial charge in [0.1, 0.15) is 0 Å². The molecule has 0 fully saturated rings. The van der Waals surface area contributed by atoms with E-state index in [9.17, 15) is 4.79 Å². The zero-order chi connectivity index (χ0) is 15.2. The van der Waals surface area contributed by atoms with E-state index in [0.717, 1.165) is 29.1 Å². The Balaban J connectivity index is 1.67. The minimum absolute atomic E-state index is 0.0669. The fourth-order valence-corrected chi connectivity index (χ4v) is 2.92. The molecule has 0 unspecified atom stereocenters. The Morgan fingerprint density at radius 1 is 1.48 bits per heavy atom. The lowest BCUT2D eigenvalue weighted by atomic mass is 10.3. The van der Waals surface area contributed by atoms with Crippen LogP contribution in [0.5, 0.6) is 0 Å². The molecule has 2 aromatic rings. The highest BCUT2D eigenvalue weighted by atomic mass is 32.1. The molecule has 0 saturated heterocycles. The molecule has 0 bridgehead atoms. The van der Waals surface area contributed by atoms with E-state index in [2.05, 4.69) is 17.2 Å². The van der Waals surface area contributed by atoms with Crippen molar-refractivity contribution in [3.05, 3.63) is 39.7 Å². The van der Waals surface area contributed by atoms with Crippen molar-refractivity contribution in [1.29, 1.82) is 0 Å². The zero-order valence-electron chi connectivity index (χ0n) is 12.7. The average molecular weight is 307 g/mol. The third-order valence-corrected chi connectivity index (χ3v) is 4.40. The van der Waals surface area contributed by atoms with Gasteiger partial charge < -0.3 is 14.6 Å². The summed E-state index contributed by atoms with van der Waals surface area (Å²) in [6, 6.07) is 1.79. The highest BCUT2D eigenvalue weighted by Crippen LogP contribution is 2.17. The normalized spacial score (nSPS) is 10.6. The van der Waals surface area contributed by atoms with Crippen LogP contribution < -0.4 is 5.32 Å². The van der Waals surface area contributed by atoms with Crippen molar-refractivity contribution in [2.75, 3.05) is 13.6 Å². The summed E-state index contributed by atoms with van der Waals surface area (Å²) in [5.74, 6) is 0. The summed E-state index contributed by atoms with van der Waals surface area (Å²) >= 11 is 1.74. The standard InChI is InChI=1S/C15H21N3O2S/c1-11-12(2)21-14(17-11)5-4-7-16-15(19)18(3)9-13-6-8-20-10-13/h6,8,10H,4-5,7,9H2,1-3H3,(H,16,19). The lowest BCUT2D eigenvalue weighted by molar-refractivity contribution is 0.206. The number of rotatable bonds is 6. The van der Waals surface area contributed by atoms with Crippen LogP contribution in [0.15, 0.2) is 23.0 Å². The van der Waals surface area contributed by atoms with Crippen LogP contribution in [0.2, 0.25) is 0 Å². The maximum Gasteiger partial charge on any atom is 0.317 e. The molecule has 2 aromatic heterocycles. The van der Waals surface area contributed by atoms with E-state index in [-0.39, 0.29) is 6.03 Å². The maximum atomic E-state index is 11.9. The molecule has 0 aliphatic rings. The van der Waals surface area contributed by atoms with Gasteiger partial charge in [-0.15, -0.1) is 11.3 Å². The van der Waals surface area contributed by atoms with Crippen LogP contribution in [0.25, 0.3) is 0 Å². The quantitative estimate of drug-likeness (QED) is 0.834. The van der Waals surface area contributed by atoms with Crippen molar-refractivity contribution >= 4 is 17.4 Å². The second-order valence-corrected chi connectivity index (χ2v) is 6.36. The van der Waals surface area contributed by atoms with Crippen molar-refractivity contribution in [2.24, 2.45) is 0 Å². The SMILES string of the molecule is Cc1nc(CCCNC(=O)N(C)Cc2ccoc2)sc1C. The summed E-state index contributed by atoms with van der Waals surface area (Å²) in [6.45, 7) is 5.32. The fourth-order valence-electron chi connectivity index (χ4n) is 1.94. The number of carbonyl (C=O) groups is 1. The summed E-state index contributed by atoms with van der Waals surface area (Å²) in [4.78, 5) is 19.3. The van der Waals surface area contributed by atoms with Gasteiger partial charge in [0.15, 0.2) is 0 Å². The number of thiazole rings is 1. The average Bonchev–Trinajstić information content (AvgIpc) is 3.05. The van der Waals surface area contributed by atoms with Gasteiger partial charge in [0, 0.05) is 30.5 Å². The summed E-state index contributed by atoms with van der Waals surface area (Å²) in [6.07, 6.45) is 5.07.